The number of aromatic nitrogens is 1. The van der Waals surface area contributed by atoms with Crippen LogP contribution in [0.2, 0.25) is 5.02 Å². The molecule has 7 heteroatoms. The van der Waals surface area contributed by atoms with Gasteiger partial charge in [-0.2, -0.15) is 0 Å². The van der Waals surface area contributed by atoms with Gasteiger partial charge >= 0.3 is 6.03 Å². The molecule has 0 aliphatic heterocycles. The molecule has 5 nitrogen and oxygen atoms in total. The molecule has 1 atom stereocenters. The van der Waals surface area contributed by atoms with Crippen LogP contribution in [0, 0.1) is 11.7 Å². The van der Waals surface area contributed by atoms with Gasteiger partial charge in [-0.1, -0.05) is 29.8 Å². The number of amides is 2. The van der Waals surface area contributed by atoms with Gasteiger partial charge in [0.1, 0.15) is 5.82 Å². The van der Waals surface area contributed by atoms with Crippen molar-refractivity contribution >= 4 is 34.1 Å². The first-order valence-corrected chi connectivity index (χ1v) is 10.0. The van der Waals surface area contributed by atoms with Crippen LogP contribution >= 0.6 is 11.6 Å². The summed E-state index contributed by atoms with van der Waals surface area (Å²) in [5, 5.41) is 4.23. The highest BCUT2D eigenvalue weighted by molar-refractivity contribution is 6.31. The number of urea groups is 1. The molecule has 1 saturated carbocycles. The molecule has 0 bridgehead atoms. The molecule has 0 spiro atoms. The van der Waals surface area contributed by atoms with Crippen LogP contribution in [0.15, 0.2) is 53.5 Å². The average Bonchev–Trinajstić information content (AvgIpc) is 3.55. The molecule has 0 radical (unpaired) electrons. The minimum absolute atomic E-state index is 0.0452. The summed E-state index contributed by atoms with van der Waals surface area (Å²) < 4.78 is 13.4. The van der Waals surface area contributed by atoms with Gasteiger partial charge < -0.3 is 15.2 Å². The summed E-state index contributed by atoms with van der Waals surface area (Å²) in [6.45, 7) is 2.40. The topological polar surface area (TPSA) is 65.2 Å². The van der Waals surface area contributed by atoms with Crippen molar-refractivity contribution < 1.29 is 9.18 Å². The minimum atomic E-state index is -0.535. The van der Waals surface area contributed by atoms with E-state index in [9.17, 15) is 14.0 Å². The van der Waals surface area contributed by atoms with E-state index in [1.54, 1.807) is 17.2 Å². The number of anilines is 1. The molecule has 1 aromatic heterocycles. The molecule has 3 aromatic rings. The number of aromatic amines is 1. The fourth-order valence-corrected chi connectivity index (χ4v) is 3.98. The Hall–Kier alpha value is -2.86. The lowest BCUT2D eigenvalue weighted by Crippen LogP contribution is -2.39. The predicted octanol–water partition coefficient (Wildman–Crippen LogP) is 5.33. The molecule has 2 amide bonds. The monoisotopic (exact) mass is 413 g/mol. The standard InChI is InChI=1S/C22H21ClFN3O2/c1-2-27(22(29)26-14-9-10-19(24)18(23)11-14)20(13-7-8-13)17-12-25-21(28)16-6-4-3-5-15(16)17/h3-6,9-13,20H,2,7-8H2,1H3,(H,25,28)(H,26,29)/t20-/m0/s1. The SMILES string of the molecule is CCN(C(=O)Nc1ccc(F)c(Cl)c1)[C@H](c1c[nH]c(=O)c2ccccc12)C1CC1. The van der Waals surface area contributed by atoms with Gasteiger partial charge in [-0.25, -0.2) is 9.18 Å². The maximum atomic E-state index is 13.4. The number of benzene rings is 2. The Morgan fingerprint density at radius 2 is 2.00 bits per heavy atom. The van der Waals surface area contributed by atoms with Crippen molar-refractivity contribution in [2.24, 2.45) is 5.92 Å². The van der Waals surface area contributed by atoms with Gasteiger partial charge in [0.15, 0.2) is 0 Å². The van der Waals surface area contributed by atoms with Crippen LogP contribution in [-0.2, 0) is 0 Å². The Balaban J connectivity index is 1.70. The van der Waals surface area contributed by atoms with Gasteiger partial charge in [-0.3, -0.25) is 4.79 Å². The van der Waals surface area contributed by atoms with Crippen molar-refractivity contribution in [3.63, 3.8) is 0 Å². The molecular weight excluding hydrogens is 393 g/mol. The van der Waals surface area contributed by atoms with Gasteiger partial charge in [0.05, 0.1) is 11.1 Å². The number of nitrogens with zero attached hydrogens (tertiary/aromatic N) is 1. The molecule has 0 saturated heterocycles. The molecule has 1 aliphatic carbocycles. The highest BCUT2D eigenvalue weighted by Crippen LogP contribution is 2.46. The summed E-state index contributed by atoms with van der Waals surface area (Å²) in [5.74, 6) is -0.209. The Morgan fingerprint density at radius 3 is 2.66 bits per heavy atom. The van der Waals surface area contributed by atoms with Crippen molar-refractivity contribution in [1.82, 2.24) is 9.88 Å². The Kier molecular flexibility index (Phi) is 5.28. The molecule has 150 valence electrons. The second-order valence-corrected chi connectivity index (χ2v) is 7.65. The van der Waals surface area contributed by atoms with E-state index in [2.05, 4.69) is 10.3 Å². The number of H-pyrrole nitrogens is 1. The summed E-state index contributed by atoms with van der Waals surface area (Å²) in [6.07, 6.45) is 3.76. The van der Waals surface area contributed by atoms with Crippen LogP contribution in [-0.4, -0.2) is 22.5 Å². The van der Waals surface area contributed by atoms with E-state index in [0.29, 0.717) is 23.5 Å². The van der Waals surface area contributed by atoms with Crippen molar-refractivity contribution in [3.05, 3.63) is 75.4 Å². The zero-order valence-electron chi connectivity index (χ0n) is 15.9. The summed E-state index contributed by atoms with van der Waals surface area (Å²) in [6, 6.07) is 11.1. The number of fused-ring (bicyclic) bond motifs is 1. The maximum Gasteiger partial charge on any atom is 0.322 e. The molecule has 4 rings (SSSR count). The number of halogens is 2. The predicted molar refractivity (Wildman–Crippen MR) is 113 cm³/mol. The third-order valence-corrected chi connectivity index (χ3v) is 5.63. The lowest BCUT2D eigenvalue weighted by molar-refractivity contribution is 0.183. The summed E-state index contributed by atoms with van der Waals surface area (Å²) in [4.78, 5) is 29.9. The molecule has 1 fully saturated rings. The van der Waals surface area contributed by atoms with Gasteiger partial charge in [-0.05, 0) is 60.9 Å². The highest BCUT2D eigenvalue weighted by atomic mass is 35.5. The van der Waals surface area contributed by atoms with Gasteiger partial charge in [0.25, 0.3) is 5.56 Å². The fraction of sp³-hybridized carbons (Fsp3) is 0.273. The maximum absolute atomic E-state index is 13.4. The van der Waals surface area contributed by atoms with Gasteiger partial charge in [-0.15, -0.1) is 0 Å². The fourth-order valence-electron chi connectivity index (χ4n) is 3.80. The lowest BCUT2D eigenvalue weighted by atomic mass is 9.97. The molecule has 1 aliphatic rings. The van der Waals surface area contributed by atoms with E-state index in [0.717, 1.165) is 23.8 Å². The van der Waals surface area contributed by atoms with E-state index >= 15 is 0 Å². The van der Waals surface area contributed by atoms with Crippen molar-refractivity contribution in [1.29, 1.82) is 0 Å². The molecule has 0 unspecified atom stereocenters. The van der Waals surface area contributed by atoms with E-state index in [1.165, 1.54) is 18.2 Å². The second kappa shape index (κ2) is 7.87. The van der Waals surface area contributed by atoms with Crippen LogP contribution in [0.4, 0.5) is 14.9 Å². The highest BCUT2D eigenvalue weighted by Gasteiger charge is 2.39. The Labute approximate surface area is 172 Å². The molecule has 2 N–H and O–H groups in total. The van der Waals surface area contributed by atoms with Crippen molar-refractivity contribution in [2.45, 2.75) is 25.8 Å². The molecule has 1 heterocycles. The molecule has 29 heavy (non-hydrogen) atoms. The smallest absolute Gasteiger partial charge is 0.322 e. The van der Waals surface area contributed by atoms with Crippen LogP contribution in [0.25, 0.3) is 10.8 Å². The molecule has 2 aromatic carbocycles. The normalized spacial score (nSPS) is 14.6. The Bertz CT molecular complexity index is 1130. The average molecular weight is 414 g/mol. The number of hydrogen-bond donors (Lipinski definition) is 2. The number of nitrogens with one attached hydrogen (secondary N) is 2. The third-order valence-electron chi connectivity index (χ3n) is 5.34. The van der Waals surface area contributed by atoms with E-state index in [1.807, 2.05) is 25.1 Å². The van der Waals surface area contributed by atoms with Gasteiger partial charge in [0, 0.05) is 23.8 Å². The van der Waals surface area contributed by atoms with Crippen molar-refractivity contribution in [2.75, 3.05) is 11.9 Å². The van der Waals surface area contributed by atoms with Crippen molar-refractivity contribution in [3.8, 4) is 0 Å². The summed E-state index contributed by atoms with van der Waals surface area (Å²) in [5.41, 5.74) is 1.21. The van der Waals surface area contributed by atoms with E-state index in [-0.39, 0.29) is 22.7 Å². The van der Waals surface area contributed by atoms with Gasteiger partial charge in [0.2, 0.25) is 0 Å². The number of pyridine rings is 1. The van der Waals surface area contributed by atoms with E-state index in [4.69, 9.17) is 11.6 Å². The number of rotatable bonds is 5. The minimum Gasteiger partial charge on any atom is -0.328 e. The summed E-state index contributed by atoms with van der Waals surface area (Å²) in [7, 11) is 0. The van der Waals surface area contributed by atoms with E-state index < -0.39 is 5.82 Å². The number of carbonyl (C=O) groups excluding carboxylic acids is 1. The zero-order valence-corrected chi connectivity index (χ0v) is 16.7. The largest absolute Gasteiger partial charge is 0.328 e. The first kappa shape index (κ1) is 19.5. The molecular formula is C22H21ClFN3O2. The summed E-state index contributed by atoms with van der Waals surface area (Å²) >= 11 is 5.84. The van der Waals surface area contributed by atoms with Crippen LogP contribution in [0.3, 0.4) is 0 Å². The second-order valence-electron chi connectivity index (χ2n) is 7.25. The number of hydrogen-bond acceptors (Lipinski definition) is 2. The number of carbonyl (C=O) groups is 1. The first-order valence-electron chi connectivity index (χ1n) is 9.62. The lowest BCUT2D eigenvalue weighted by Gasteiger charge is -2.32. The Morgan fingerprint density at radius 1 is 1.28 bits per heavy atom. The quantitative estimate of drug-likeness (QED) is 0.594. The zero-order chi connectivity index (χ0) is 20.5. The van der Waals surface area contributed by atoms with Crippen LogP contribution in [0.1, 0.15) is 31.4 Å². The van der Waals surface area contributed by atoms with Crippen LogP contribution < -0.4 is 10.9 Å². The third kappa shape index (κ3) is 3.85. The first-order chi connectivity index (χ1) is 14.0. The van der Waals surface area contributed by atoms with Crippen LogP contribution in [0.5, 0.6) is 0 Å².